The number of halogens is 4. The second-order valence-corrected chi connectivity index (χ2v) is 10.8. The van der Waals surface area contributed by atoms with Gasteiger partial charge in [0.2, 0.25) is 5.88 Å². The van der Waals surface area contributed by atoms with Crippen molar-refractivity contribution in [2.75, 3.05) is 13.1 Å². The molecule has 0 aliphatic carbocycles. The number of likely N-dealkylation sites (tertiary alicyclic amines) is 1. The molecule has 5 rings (SSSR count). The van der Waals surface area contributed by atoms with Gasteiger partial charge >= 0.3 is 6.09 Å². The van der Waals surface area contributed by atoms with E-state index in [9.17, 15) is 27.6 Å². The van der Waals surface area contributed by atoms with Crippen molar-refractivity contribution in [2.24, 2.45) is 0 Å². The number of amides is 1. The van der Waals surface area contributed by atoms with Gasteiger partial charge in [-0.2, -0.15) is 4.73 Å². The largest absolute Gasteiger partial charge is 0.618 e. The molecule has 4 aromatic rings. The first kappa shape index (κ1) is 28.1. The second kappa shape index (κ2) is 10.9. The van der Waals surface area contributed by atoms with Gasteiger partial charge in [0.15, 0.2) is 6.20 Å². The summed E-state index contributed by atoms with van der Waals surface area (Å²) >= 11 is 0. The van der Waals surface area contributed by atoms with Gasteiger partial charge in [0.05, 0.1) is 0 Å². The topological polar surface area (TPSA) is 78.6 Å². The Labute approximate surface area is 233 Å². The number of fused-ring (bicyclic) bond motifs is 1. The maximum atomic E-state index is 15.0. The number of nitrogens with zero attached hydrogens (tertiary/aromatic N) is 3. The van der Waals surface area contributed by atoms with Crippen LogP contribution < -0.4 is 9.47 Å². The summed E-state index contributed by atoms with van der Waals surface area (Å²) in [6, 6.07) is 8.99. The van der Waals surface area contributed by atoms with Crippen molar-refractivity contribution >= 4 is 17.0 Å². The highest BCUT2D eigenvalue weighted by Crippen LogP contribution is 2.37. The van der Waals surface area contributed by atoms with Crippen LogP contribution in [-0.2, 0) is 4.74 Å². The average Bonchev–Trinajstić information content (AvgIpc) is 2.89. The Kier molecular flexibility index (Phi) is 7.46. The summed E-state index contributed by atoms with van der Waals surface area (Å²) in [5.74, 6) is -3.68. The van der Waals surface area contributed by atoms with Crippen LogP contribution in [0.15, 0.2) is 54.7 Å². The van der Waals surface area contributed by atoms with E-state index in [4.69, 9.17) is 9.47 Å². The van der Waals surface area contributed by atoms with Crippen molar-refractivity contribution in [3.05, 3.63) is 83.2 Å². The van der Waals surface area contributed by atoms with E-state index in [0.717, 1.165) is 24.4 Å². The highest BCUT2D eigenvalue weighted by Gasteiger charge is 2.30. The molecule has 1 saturated heterocycles. The fraction of sp³-hybridized carbons (Fsp3) is 0.300. The zero-order valence-electron chi connectivity index (χ0n) is 22.6. The highest BCUT2D eigenvalue weighted by atomic mass is 19.1. The van der Waals surface area contributed by atoms with E-state index < -0.39 is 52.3 Å². The molecule has 0 N–H and O–H groups in total. The molecule has 41 heavy (non-hydrogen) atoms. The van der Waals surface area contributed by atoms with Crippen molar-refractivity contribution in [1.29, 1.82) is 0 Å². The first-order valence-corrected chi connectivity index (χ1v) is 13.0. The summed E-state index contributed by atoms with van der Waals surface area (Å²) in [5, 5.41) is 13.1. The van der Waals surface area contributed by atoms with Crippen LogP contribution in [0.1, 0.15) is 33.6 Å². The molecule has 0 unspecified atom stereocenters. The molecule has 0 atom stereocenters. The lowest BCUT2D eigenvalue weighted by molar-refractivity contribution is -0.592. The van der Waals surface area contributed by atoms with Crippen LogP contribution in [-0.4, -0.2) is 40.8 Å². The smallest absolute Gasteiger partial charge is 0.410 e. The molecule has 2 aromatic heterocycles. The lowest BCUT2D eigenvalue weighted by Gasteiger charge is -2.33. The van der Waals surface area contributed by atoms with Gasteiger partial charge in [-0.05, 0) is 50.6 Å². The second-order valence-electron chi connectivity index (χ2n) is 10.8. The molecule has 3 heterocycles. The standard InChI is InChI=1S/C30H27F4N3O4/c1-30(2,3)41-29(38)36-12-9-18(10-13-36)40-25-16-21(19-8-7-17(31)15-24(19)34)20-11-14-37(39)28(27(20)35-25)26-22(32)5-4-6-23(26)33/h4-8,11,14-16,18H,9-10,12-13H2,1-3H3. The molecule has 0 radical (unpaired) electrons. The Bertz CT molecular complexity index is 1610. The summed E-state index contributed by atoms with van der Waals surface area (Å²) in [5.41, 5.74) is -1.63. The van der Waals surface area contributed by atoms with Crippen LogP contribution in [0.2, 0.25) is 0 Å². The maximum absolute atomic E-state index is 15.0. The minimum Gasteiger partial charge on any atom is -0.618 e. The molecule has 11 heteroatoms. The molecular formula is C30H27F4N3O4. The molecule has 1 amide bonds. The van der Waals surface area contributed by atoms with Crippen LogP contribution in [0.25, 0.3) is 33.3 Å². The van der Waals surface area contributed by atoms with Crippen molar-refractivity contribution in [1.82, 2.24) is 9.88 Å². The Morgan fingerprint density at radius 3 is 2.29 bits per heavy atom. The molecule has 214 valence electrons. The van der Waals surface area contributed by atoms with Gasteiger partial charge < -0.3 is 19.6 Å². The van der Waals surface area contributed by atoms with E-state index in [1.54, 1.807) is 25.7 Å². The monoisotopic (exact) mass is 569 g/mol. The van der Waals surface area contributed by atoms with Gasteiger partial charge in [-0.1, -0.05) is 6.07 Å². The van der Waals surface area contributed by atoms with Crippen molar-refractivity contribution in [2.45, 2.75) is 45.3 Å². The molecule has 1 aliphatic heterocycles. The number of piperidine rings is 1. The summed E-state index contributed by atoms with van der Waals surface area (Å²) in [7, 11) is 0. The number of ether oxygens (including phenoxy) is 2. The van der Waals surface area contributed by atoms with Crippen LogP contribution in [0.5, 0.6) is 5.88 Å². The number of hydrogen-bond acceptors (Lipinski definition) is 5. The highest BCUT2D eigenvalue weighted by molar-refractivity contribution is 6.00. The molecule has 1 aliphatic rings. The summed E-state index contributed by atoms with van der Waals surface area (Å²) in [6.45, 7) is 6.03. The van der Waals surface area contributed by atoms with Crippen LogP contribution in [0, 0.1) is 28.5 Å². The van der Waals surface area contributed by atoms with Gasteiger partial charge in [0.25, 0.3) is 5.69 Å². The fourth-order valence-corrected chi connectivity index (χ4v) is 4.80. The maximum Gasteiger partial charge on any atom is 0.410 e. The third-order valence-corrected chi connectivity index (χ3v) is 6.66. The van der Waals surface area contributed by atoms with Gasteiger partial charge in [-0.3, -0.25) is 0 Å². The quantitative estimate of drug-likeness (QED) is 0.159. The van der Waals surface area contributed by atoms with E-state index in [1.165, 1.54) is 24.3 Å². The lowest BCUT2D eigenvalue weighted by atomic mass is 9.98. The Hall–Kier alpha value is -4.41. The SMILES string of the molecule is CC(C)(C)OC(=O)N1CCC(Oc2cc(-c3ccc(F)cc3F)c3cc[n+]([O-])c(-c4c(F)cccc4F)c3n2)CC1. The van der Waals surface area contributed by atoms with E-state index in [1.807, 2.05) is 0 Å². The van der Waals surface area contributed by atoms with E-state index in [2.05, 4.69) is 4.98 Å². The predicted octanol–water partition coefficient (Wildman–Crippen LogP) is 6.54. The zero-order chi connectivity index (χ0) is 29.5. The summed E-state index contributed by atoms with van der Waals surface area (Å²) in [4.78, 5) is 18.5. The Morgan fingerprint density at radius 2 is 1.66 bits per heavy atom. The molecule has 7 nitrogen and oxygen atoms in total. The van der Waals surface area contributed by atoms with Gasteiger partial charge in [0, 0.05) is 55.1 Å². The number of aromatic nitrogens is 2. The summed E-state index contributed by atoms with van der Waals surface area (Å²) in [6.07, 6.45) is 1.03. The molecule has 1 fully saturated rings. The van der Waals surface area contributed by atoms with Crippen molar-refractivity contribution < 1.29 is 36.6 Å². The van der Waals surface area contributed by atoms with E-state index >= 15 is 0 Å². The predicted molar refractivity (Wildman–Crippen MR) is 143 cm³/mol. The van der Waals surface area contributed by atoms with E-state index in [-0.39, 0.29) is 32.6 Å². The van der Waals surface area contributed by atoms with Gasteiger partial charge in [-0.15, -0.1) is 0 Å². The molecule has 0 saturated carbocycles. The normalized spacial score (nSPS) is 14.4. The molecule has 2 aromatic carbocycles. The fourth-order valence-electron chi connectivity index (χ4n) is 4.80. The molecular weight excluding hydrogens is 542 g/mol. The lowest BCUT2D eigenvalue weighted by Crippen LogP contribution is -2.44. The van der Waals surface area contributed by atoms with Gasteiger partial charge in [-0.25, -0.2) is 27.3 Å². The average molecular weight is 570 g/mol. The first-order valence-electron chi connectivity index (χ1n) is 13.0. The van der Waals surface area contributed by atoms with E-state index in [0.29, 0.717) is 32.0 Å². The van der Waals surface area contributed by atoms with Crippen LogP contribution in [0.3, 0.4) is 0 Å². The van der Waals surface area contributed by atoms with Crippen LogP contribution >= 0.6 is 0 Å². The first-order chi connectivity index (χ1) is 19.4. The third-order valence-electron chi connectivity index (χ3n) is 6.66. The number of carbonyl (C=O) groups excluding carboxylic acids is 1. The minimum absolute atomic E-state index is 0.0213. The summed E-state index contributed by atoms with van der Waals surface area (Å²) < 4.78 is 70.3. The zero-order valence-corrected chi connectivity index (χ0v) is 22.6. The molecule has 0 bridgehead atoms. The Morgan fingerprint density at radius 1 is 0.976 bits per heavy atom. The number of pyridine rings is 2. The number of rotatable bonds is 4. The third kappa shape index (κ3) is 5.89. The van der Waals surface area contributed by atoms with Gasteiger partial charge in [0.1, 0.15) is 46.1 Å². The van der Waals surface area contributed by atoms with Crippen molar-refractivity contribution in [3.63, 3.8) is 0 Å². The minimum atomic E-state index is -0.987. The molecule has 0 spiro atoms. The number of hydrogen-bond donors (Lipinski definition) is 0. The van der Waals surface area contributed by atoms with Crippen molar-refractivity contribution in [3.8, 4) is 28.3 Å². The number of benzene rings is 2. The Balaban J connectivity index is 1.58. The number of carbonyl (C=O) groups is 1. The van der Waals surface area contributed by atoms with Crippen LogP contribution in [0.4, 0.5) is 22.4 Å².